The number of aromatic nitrogens is 1. The SMILES string of the molecule is Cc1ccc(C)n1Cc1ccsc1. The average Bonchev–Trinajstić information content (AvgIpc) is 2.70. The predicted molar refractivity (Wildman–Crippen MR) is 57.3 cm³/mol. The molecule has 0 aliphatic carbocycles. The standard InChI is InChI=1S/C11H13NS/c1-9-3-4-10(2)12(9)7-11-5-6-13-8-11/h3-6,8H,7H2,1-2H3. The smallest absolute Gasteiger partial charge is 0.0483 e. The molecular weight excluding hydrogens is 178 g/mol. The van der Waals surface area contributed by atoms with Gasteiger partial charge in [-0.25, -0.2) is 0 Å². The van der Waals surface area contributed by atoms with Crippen LogP contribution in [0.3, 0.4) is 0 Å². The summed E-state index contributed by atoms with van der Waals surface area (Å²) in [6, 6.07) is 6.52. The molecule has 2 heterocycles. The minimum atomic E-state index is 1.01. The second-order valence-electron chi connectivity index (χ2n) is 3.33. The first-order valence-electron chi connectivity index (χ1n) is 4.41. The Morgan fingerprint density at radius 3 is 2.38 bits per heavy atom. The van der Waals surface area contributed by atoms with Gasteiger partial charge in [0.1, 0.15) is 0 Å². The van der Waals surface area contributed by atoms with Crippen LogP contribution in [0.15, 0.2) is 29.0 Å². The van der Waals surface area contributed by atoms with E-state index in [1.807, 2.05) is 0 Å². The highest BCUT2D eigenvalue weighted by atomic mass is 32.1. The van der Waals surface area contributed by atoms with Gasteiger partial charge in [-0.1, -0.05) is 0 Å². The second-order valence-corrected chi connectivity index (χ2v) is 4.11. The van der Waals surface area contributed by atoms with E-state index in [4.69, 9.17) is 0 Å². The van der Waals surface area contributed by atoms with Crippen molar-refractivity contribution in [2.45, 2.75) is 20.4 Å². The summed E-state index contributed by atoms with van der Waals surface area (Å²) in [5, 5.41) is 4.34. The van der Waals surface area contributed by atoms with Crippen molar-refractivity contribution in [2.75, 3.05) is 0 Å². The van der Waals surface area contributed by atoms with Crippen molar-refractivity contribution in [3.8, 4) is 0 Å². The van der Waals surface area contributed by atoms with Crippen LogP contribution < -0.4 is 0 Å². The topological polar surface area (TPSA) is 4.93 Å². The van der Waals surface area contributed by atoms with Crippen molar-refractivity contribution in [1.82, 2.24) is 4.57 Å². The number of hydrogen-bond donors (Lipinski definition) is 0. The highest BCUT2D eigenvalue weighted by Gasteiger charge is 2.01. The molecule has 68 valence electrons. The summed E-state index contributed by atoms with van der Waals surface area (Å²) in [6.45, 7) is 5.31. The van der Waals surface area contributed by atoms with Gasteiger partial charge in [0, 0.05) is 17.9 Å². The van der Waals surface area contributed by atoms with Gasteiger partial charge in [-0.15, -0.1) is 0 Å². The maximum absolute atomic E-state index is 2.34. The van der Waals surface area contributed by atoms with Crippen LogP contribution in [-0.2, 0) is 6.54 Å². The van der Waals surface area contributed by atoms with Crippen LogP contribution in [-0.4, -0.2) is 4.57 Å². The molecule has 0 aromatic carbocycles. The summed E-state index contributed by atoms with van der Waals surface area (Å²) in [4.78, 5) is 0. The van der Waals surface area contributed by atoms with E-state index in [-0.39, 0.29) is 0 Å². The van der Waals surface area contributed by atoms with Gasteiger partial charge in [0.2, 0.25) is 0 Å². The van der Waals surface area contributed by atoms with Gasteiger partial charge in [0.05, 0.1) is 0 Å². The minimum absolute atomic E-state index is 1.01. The summed E-state index contributed by atoms with van der Waals surface area (Å²) in [5.74, 6) is 0. The molecule has 2 aromatic heterocycles. The lowest BCUT2D eigenvalue weighted by Gasteiger charge is -2.07. The van der Waals surface area contributed by atoms with E-state index in [0.29, 0.717) is 0 Å². The van der Waals surface area contributed by atoms with Crippen LogP contribution in [0.1, 0.15) is 17.0 Å². The van der Waals surface area contributed by atoms with Crippen LogP contribution in [0.5, 0.6) is 0 Å². The van der Waals surface area contributed by atoms with Crippen molar-refractivity contribution in [3.63, 3.8) is 0 Å². The summed E-state index contributed by atoms with van der Waals surface area (Å²) >= 11 is 1.76. The summed E-state index contributed by atoms with van der Waals surface area (Å²) in [5.41, 5.74) is 4.07. The third-order valence-corrected chi connectivity index (χ3v) is 3.07. The zero-order valence-electron chi connectivity index (χ0n) is 7.95. The number of hydrogen-bond acceptors (Lipinski definition) is 1. The molecule has 0 fully saturated rings. The fraction of sp³-hybridized carbons (Fsp3) is 0.273. The van der Waals surface area contributed by atoms with Gasteiger partial charge in [-0.3, -0.25) is 0 Å². The van der Waals surface area contributed by atoms with Crippen LogP contribution in [0.25, 0.3) is 0 Å². The van der Waals surface area contributed by atoms with E-state index in [1.54, 1.807) is 11.3 Å². The first kappa shape index (κ1) is 8.57. The molecule has 13 heavy (non-hydrogen) atoms. The molecule has 1 nitrogen and oxygen atoms in total. The maximum atomic E-state index is 2.34. The monoisotopic (exact) mass is 191 g/mol. The molecule has 0 atom stereocenters. The van der Waals surface area contributed by atoms with E-state index in [9.17, 15) is 0 Å². The molecule has 0 bridgehead atoms. The molecule has 2 aromatic rings. The van der Waals surface area contributed by atoms with Gasteiger partial charge in [0.15, 0.2) is 0 Å². The highest BCUT2D eigenvalue weighted by molar-refractivity contribution is 7.07. The van der Waals surface area contributed by atoms with Crippen LogP contribution in [0.2, 0.25) is 0 Å². The molecule has 0 saturated heterocycles. The van der Waals surface area contributed by atoms with E-state index in [1.165, 1.54) is 17.0 Å². The minimum Gasteiger partial charge on any atom is -0.345 e. The van der Waals surface area contributed by atoms with Crippen molar-refractivity contribution < 1.29 is 0 Å². The predicted octanol–water partition coefficient (Wildman–Crippen LogP) is 3.21. The second kappa shape index (κ2) is 3.38. The van der Waals surface area contributed by atoms with E-state index < -0.39 is 0 Å². The Balaban J connectivity index is 2.27. The molecule has 0 aliphatic heterocycles. The molecule has 0 spiro atoms. The largest absolute Gasteiger partial charge is 0.345 e. The quantitative estimate of drug-likeness (QED) is 0.687. The van der Waals surface area contributed by atoms with Crippen molar-refractivity contribution in [2.24, 2.45) is 0 Å². The van der Waals surface area contributed by atoms with Crippen LogP contribution in [0, 0.1) is 13.8 Å². The Labute approximate surface area is 82.6 Å². The molecular formula is C11H13NS. The Bertz CT molecular complexity index is 365. The summed E-state index contributed by atoms with van der Waals surface area (Å²) in [7, 11) is 0. The number of aryl methyl sites for hydroxylation is 2. The summed E-state index contributed by atoms with van der Waals surface area (Å²) < 4.78 is 2.34. The molecule has 0 aliphatic rings. The first-order chi connectivity index (χ1) is 6.27. The van der Waals surface area contributed by atoms with Crippen LogP contribution >= 0.6 is 11.3 Å². The Kier molecular flexibility index (Phi) is 2.23. The number of rotatable bonds is 2. The average molecular weight is 191 g/mol. The highest BCUT2D eigenvalue weighted by Crippen LogP contribution is 2.13. The third-order valence-electron chi connectivity index (χ3n) is 2.34. The van der Waals surface area contributed by atoms with E-state index in [2.05, 4.69) is 47.4 Å². The number of nitrogens with zero attached hydrogens (tertiary/aromatic N) is 1. The van der Waals surface area contributed by atoms with Gasteiger partial charge < -0.3 is 4.57 Å². The third kappa shape index (κ3) is 1.68. The molecule has 0 saturated carbocycles. The molecule has 0 radical (unpaired) electrons. The van der Waals surface area contributed by atoms with Crippen molar-refractivity contribution >= 4 is 11.3 Å². The molecule has 2 rings (SSSR count). The summed E-state index contributed by atoms with van der Waals surface area (Å²) in [6.07, 6.45) is 0. The van der Waals surface area contributed by atoms with E-state index >= 15 is 0 Å². The Hall–Kier alpha value is -1.02. The van der Waals surface area contributed by atoms with Gasteiger partial charge in [0.25, 0.3) is 0 Å². The zero-order chi connectivity index (χ0) is 9.26. The van der Waals surface area contributed by atoms with Crippen molar-refractivity contribution in [1.29, 1.82) is 0 Å². The first-order valence-corrected chi connectivity index (χ1v) is 5.35. The lowest BCUT2D eigenvalue weighted by molar-refractivity contribution is 0.752. The fourth-order valence-corrected chi connectivity index (χ4v) is 2.17. The van der Waals surface area contributed by atoms with Crippen LogP contribution in [0.4, 0.5) is 0 Å². The number of thiophene rings is 1. The Morgan fingerprint density at radius 1 is 1.15 bits per heavy atom. The lowest BCUT2D eigenvalue weighted by Crippen LogP contribution is -2.02. The van der Waals surface area contributed by atoms with Gasteiger partial charge in [-0.2, -0.15) is 11.3 Å². The molecule has 0 amide bonds. The fourth-order valence-electron chi connectivity index (χ4n) is 1.51. The zero-order valence-corrected chi connectivity index (χ0v) is 8.77. The molecule has 0 N–H and O–H groups in total. The molecule has 2 heteroatoms. The van der Waals surface area contributed by atoms with E-state index in [0.717, 1.165) is 6.54 Å². The van der Waals surface area contributed by atoms with Gasteiger partial charge in [-0.05, 0) is 48.4 Å². The maximum Gasteiger partial charge on any atom is 0.0483 e. The van der Waals surface area contributed by atoms with Crippen molar-refractivity contribution in [3.05, 3.63) is 45.9 Å². The lowest BCUT2D eigenvalue weighted by atomic mass is 10.3. The molecule has 0 unspecified atom stereocenters. The van der Waals surface area contributed by atoms with Gasteiger partial charge >= 0.3 is 0 Å². The normalized spacial score (nSPS) is 10.6. The Morgan fingerprint density at radius 2 is 1.85 bits per heavy atom.